The molecule has 3 aromatic heterocycles. The molecule has 0 saturated heterocycles. The molecule has 0 unspecified atom stereocenters. The second-order valence-electron chi connectivity index (χ2n) is 12.2. The normalized spacial score (nSPS) is 11.5. The molecule has 6 rings (SSSR count). The van der Waals surface area contributed by atoms with Gasteiger partial charge in [-0.1, -0.05) is 93.8 Å². The van der Waals surface area contributed by atoms with Gasteiger partial charge in [0.05, 0.1) is 8.07 Å². The molecular weight excluding hydrogens is 725 g/mol. The van der Waals surface area contributed by atoms with E-state index in [1.165, 1.54) is 36.5 Å². The van der Waals surface area contributed by atoms with Crippen LogP contribution in [0.1, 0.15) is 50.7 Å². The van der Waals surface area contributed by atoms with Crippen molar-refractivity contribution in [2.75, 3.05) is 0 Å². The summed E-state index contributed by atoms with van der Waals surface area (Å²) in [7, 11) is -1.32. The van der Waals surface area contributed by atoms with Crippen LogP contribution in [-0.2, 0) is 20.1 Å². The number of pyridine rings is 2. The fourth-order valence-corrected chi connectivity index (χ4v) is 7.15. The molecule has 3 heterocycles. The molecule has 0 atom stereocenters. The van der Waals surface area contributed by atoms with Crippen LogP contribution in [0.3, 0.4) is 0 Å². The predicted octanol–water partition coefficient (Wildman–Crippen LogP) is 10.3. The van der Waals surface area contributed by atoms with Crippen LogP contribution in [0.5, 0.6) is 0 Å². The van der Waals surface area contributed by atoms with Crippen molar-refractivity contribution in [3.63, 3.8) is 0 Å². The zero-order valence-corrected chi connectivity index (χ0v) is 29.7. The Hall–Kier alpha value is -2.95. The van der Waals surface area contributed by atoms with E-state index in [0.717, 1.165) is 22.5 Å². The average Bonchev–Trinajstić information content (AvgIpc) is 3.36. The molecule has 217 valence electrons. The summed E-state index contributed by atoms with van der Waals surface area (Å²) < 4.78 is 2.64. The predicted molar refractivity (Wildman–Crippen MR) is 181 cm³/mol. The largest absolute Gasteiger partial charge is 0.305 e. The average molecular weight is 763 g/mol. The third-order valence-corrected chi connectivity index (χ3v) is 10.7. The molecule has 2 nitrogen and oxygen atoms in total. The molecule has 0 bridgehead atoms. The second-order valence-corrected chi connectivity index (χ2v) is 18.3. The van der Waals surface area contributed by atoms with Gasteiger partial charge in [-0.3, -0.25) is 0 Å². The first-order valence-corrected chi connectivity index (χ1v) is 18.7. The molecule has 0 aliphatic carbocycles. The molecule has 0 aliphatic rings. The van der Waals surface area contributed by atoms with Gasteiger partial charge in [0.25, 0.3) is 0 Å². The molecule has 42 heavy (non-hydrogen) atoms. The summed E-state index contributed by atoms with van der Waals surface area (Å²) in [6, 6.07) is 34.3. The number of aromatic nitrogens is 2. The van der Waals surface area contributed by atoms with Crippen molar-refractivity contribution in [1.82, 2.24) is 9.97 Å². The number of fused-ring (bicyclic) bond motifs is 3. The van der Waals surface area contributed by atoms with E-state index >= 15 is 0 Å². The van der Waals surface area contributed by atoms with Gasteiger partial charge >= 0.3 is 0 Å². The summed E-state index contributed by atoms with van der Waals surface area (Å²) in [5.74, 6) is 1.03. The van der Waals surface area contributed by atoms with Gasteiger partial charge in [-0.05, 0) is 51.0 Å². The number of nitrogens with zero attached hydrogens (tertiary/aromatic N) is 2. The van der Waals surface area contributed by atoms with Gasteiger partial charge in [0.2, 0.25) is 0 Å². The van der Waals surface area contributed by atoms with E-state index in [-0.39, 0.29) is 20.1 Å². The Labute approximate surface area is 269 Å². The summed E-state index contributed by atoms with van der Waals surface area (Å²) in [6.45, 7) is 16.0. The number of thiophene rings is 1. The first-order valence-electron chi connectivity index (χ1n) is 14.4. The zero-order chi connectivity index (χ0) is 29.1. The minimum Gasteiger partial charge on any atom is -0.305 e. The quantitative estimate of drug-likeness (QED) is 0.129. The van der Waals surface area contributed by atoms with Gasteiger partial charge in [-0.15, -0.1) is 59.7 Å². The van der Waals surface area contributed by atoms with E-state index in [1.54, 1.807) is 0 Å². The summed E-state index contributed by atoms with van der Waals surface area (Å²) in [4.78, 5) is 9.09. The molecule has 0 saturated carbocycles. The Kier molecular flexibility index (Phi) is 10.3. The second kappa shape index (κ2) is 13.6. The van der Waals surface area contributed by atoms with Crippen molar-refractivity contribution in [1.29, 1.82) is 0 Å². The van der Waals surface area contributed by atoms with Crippen molar-refractivity contribution < 1.29 is 20.1 Å². The van der Waals surface area contributed by atoms with E-state index in [9.17, 15) is 0 Å². The maximum absolute atomic E-state index is 4.65. The van der Waals surface area contributed by atoms with Crippen molar-refractivity contribution >= 4 is 44.8 Å². The van der Waals surface area contributed by atoms with Crippen LogP contribution < -0.4 is 5.19 Å². The first-order chi connectivity index (χ1) is 19.6. The van der Waals surface area contributed by atoms with Crippen molar-refractivity contribution in [2.24, 2.45) is 0 Å². The molecule has 6 aromatic rings. The Morgan fingerprint density at radius 3 is 2.14 bits per heavy atom. The minimum absolute atomic E-state index is 0. The SMILES string of the molecule is CC(C)c1ccc(-c2[c-]cccc2)nc1.CC(C)c1ccnc(-c2[c-]ccc3c2sc2ccc([Si](C)(C)C)cc23)c1.[Ir]. The molecule has 0 spiro atoms. The van der Waals surface area contributed by atoms with Gasteiger partial charge in [0.15, 0.2) is 0 Å². The van der Waals surface area contributed by atoms with Crippen molar-refractivity contribution in [3.05, 3.63) is 115 Å². The van der Waals surface area contributed by atoms with Crippen LogP contribution in [0.15, 0.2) is 91.3 Å². The molecule has 0 aliphatic heterocycles. The van der Waals surface area contributed by atoms with Gasteiger partial charge in [0, 0.05) is 37.2 Å². The number of benzene rings is 3. The van der Waals surface area contributed by atoms with Gasteiger partial charge in [-0.2, -0.15) is 11.3 Å². The van der Waals surface area contributed by atoms with E-state index in [2.05, 4.69) is 124 Å². The summed E-state index contributed by atoms with van der Waals surface area (Å²) in [5, 5.41) is 4.22. The van der Waals surface area contributed by atoms with Crippen molar-refractivity contribution in [3.8, 4) is 22.5 Å². The fraction of sp³-hybridized carbons (Fsp3) is 0.243. The van der Waals surface area contributed by atoms with Crippen LogP contribution in [0.2, 0.25) is 19.6 Å². The summed E-state index contributed by atoms with van der Waals surface area (Å²) in [5.41, 5.74) is 6.78. The molecule has 1 radical (unpaired) electrons. The first kappa shape index (κ1) is 32.0. The third kappa shape index (κ3) is 7.15. The number of rotatable bonds is 5. The fourth-order valence-electron chi connectivity index (χ4n) is 4.80. The van der Waals surface area contributed by atoms with Gasteiger partial charge < -0.3 is 9.97 Å². The number of hydrogen-bond acceptors (Lipinski definition) is 3. The van der Waals surface area contributed by atoms with E-state index in [0.29, 0.717) is 11.8 Å². The summed E-state index contributed by atoms with van der Waals surface area (Å²) >= 11 is 1.86. The Morgan fingerprint density at radius 1 is 0.714 bits per heavy atom. The molecular formula is C37H38IrN2SSi-2. The monoisotopic (exact) mass is 763 g/mol. The zero-order valence-electron chi connectivity index (χ0n) is 25.5. The van der Waals surface area contributed by atoms with Crippen LogP contribution >= 0.6 is 11.3 Å². The van der Waals surface area contributed by atoms with Crippen LogP contribution in [-0.4, -0.2) is 18.0 Å². The molecule has 0 fully saturated rings. The third-order valence-electron chi connectivity index (χ3n) is 7.44. The van der Waals surface area contributed by atoms with Crippen molar-refractivity contribution in [2.45, 2.75) is 59.2 Å². The van der Waals surface area contributed by atoms with Gasteiger partial charge in [0.1, 0.15) is 0 Å². The maximum Gasteiger partial charge on any atom is 0.0776 e. The maximum atomic E-state index is 4.65. The topological polar surface area (TPSA) is 25.8 Å². The Morgan fingerprint density at radius 2 is 1.50 bits per heavy atom. The summed E-state index contributed by atoms with van der Waals surface area (Å²) in [6.07, 6.45) is 3.87. The minimum atomic E-state index is -1.32. The van der Waals surface area contributed by atoms with E-state index < -0.39 is 8.07 Å². The standard InChI is InChI=1S/C23H24NSSi.C14H14N.Ir/c1-15(2)16-11-12-24-21(13-16)19-8-6-7-18-20-14-17(26(3,4)5)9-10-22(20)25-23(18)19;1-11(2)13-8-9-14(15-10-13)12-6-4-3-5-7-12;/h6-7,9-15H,1-5H3;3-6,8-11H,1-2H3;/q2*-1;. The number of hydrogen-bond donors (Lipinski definition) is 0. The molecule has 0 N–H and O–H groups in total. The van der Waals surface area contributed by atoms with E-state index in [4.69, 9.17) is 0 Å². The van der Waals surface area contributed by atoms with Crippen LogP contribution in [0.4, 0.5) is 0 Å². The van der Waals surface area contributed by atoms with Crippen LogP contribution in [0, 0.1) is 12.1 Å². The molecule has 5 heteroatoms. The Balaban J connectivity index is 0.000000216. The molecule has 0 amide bonds. The van der Waals surface area contributed by atoms with Gasteiger partial charge in [-0.25, -0.2) is 0 Å². The Bertz CT molecular complexity index is 1770. The smallest absolute Gasteiger partial charge is 0.0776 e. The van der Waals surface area contributed by atoms with E-state index in [1.807, 2.05) is 48.0 Å². The molecule has 3 aromatic carbocycles. The van der Waals surface area contributed by atoms with Crippen LogP contribution in [0.25, 0.3) is 42.7 Å².